The van der Waals surface area contributed by atoms with Gasteiger partial charge in [0.25, 0.3) is 5.91 Å². The van der Waals surface area contributed by atoms with Crippen LogP contribution in [0.4, 0.5) is 5.69 Å². The number of unbranched alkanes of at least 4 members (excludes halogenated alkanes) is 2. The molecule has 180 valence electrons. The van der Waals surface area contributed by atoms with Crippen molar-refractivity contribution in [3.05, 3.63) is 35.4 Å². The van der Waals surface area contributed by atoms with E-state index in [2.05, 4.69) is 44.5 Å². The summed E-state index contributed by atoms with van der Waals surface area (Å²) in [6.07, 6.45) is 9.92. The van der Waals surface area contributed by atoms with Gasteiger partial charge in [0.05, 0.1) is 5.56 Å². The molecule has 5 nitrogen and oxygen atoms in total. The van der Waals surface area contributed by atoms with Gasteiger partial charge in [0.2, 0.25) is 0 Å². The molecule has 2 unspecified atom stereocenters. The van der Waals surface area contributed by atoms with Crippen molar-refractivity contribution in [2.45, 2.75) is 79.1 Å². The summed E-state index contributed by atoms with van der Waals surface area (Å²) in [7, 11) is 2.00. The van der Waals surface area contributed by atoms with Gasteiger partial charge >= 0.3 is 0 Å². The molecule has 3 N–H and O–H groups in total. The molecule has 2 atom stereocenters. The number of nitrogens with two attached hydrogens (primary N) is 1. The van der Waals surface area contributed by atoms with Crippen LogP contribution in [-0.4, -0.2) is 37.2 Å². The average Bonchev–Trinajstić information content (AvgIpc) is 2.80. The van der Waals surface area contributed by atoms with Crippen molar-refractivity contribution in [1.82, 2.24) is 10.2 Å². The van der Waals surface area contributed by atoms with Crippen molar-refractivity contribution < 1.29 is 9.59 Å². The lowest BCUT2D eigenvalue weighted by atomic mass is 9.96. The Morgan fingerprint density at radius 1 is 1.06 bits per heavy atom. The molecular formula is C27H45N3O2. The van der Waals surface area contributed by atoms with Crippen LogP contribution in [0, 0.1) is 11.8 Å². The van der Waals surface area contributed by atoms with Gasteiger partial charge in [-0.05, 0) is 36.8 Å². The predicted octanol–water partition coefficient (Wildman–Crippen LogP) is 6.15. The van der Waals surface area contributed by atoms with Crippen LogP contribution < -0.4 is 11.1 Å². The van der Waals surface area contributed by atoms with E-state index >= 15 is 0 Å². The SMILES string of the molecule is C=C(c1cc(N)c(C(=O)NCC(CC)CCCC)cc1C=O)N(C)CC(CC)CCCC. The predicted molar refractivity (Wildman–Crippen MR) is 137 cm³/mol. The monoisotopic (exact) mass is 443 g/mol. The van der Waals surface area contributed by atoms with Gasteiger partial charge in [-0.25, -0.2) is 0 Å². The van der Waals surface area contributed by atoms with Crippen molar-refractivity contribution in [2.24, 2.45) is 11.8 Å². The Morgan fingerprint density at radius 3 is 2.19 bits per heavy atom. The van der Waals surface area contributed by atoms with E-state index in [1.807, 2.05) is 7.05 Å². The Bertz CT molecular complexity index is 745. The minimum Gasteiger partial charge on any atom is -0.398 e. The fraction of sp³-hybridized carbons (Fsp3) is 0.630. The number of amides is 1. The molecular weight excluding hydrogens is 398 g/mol. The van der Waals surface area contributed by atoms with Crippen molar-refractivity contribution in [1.29, 1.82) is 0 Å². The van der Waals surface area contributed by atoms with Gasteiger partial charge in [-0.1, -0.05) is 72.8 Å². The molecule has 0 radical (unpaired) electrons. The van der Waals surface area contributed by atoms with Crippen LogP contribution in [0.3, 0.4) is 0 Å². The minimum absolute atomic E-state index is 0.225. The second-order valence-electron chi connectivity index (χ2n) is 9.01. The lowest BCUT2D eigenvalue weighted by Gasteiger charge is -2.28. The average molecular weight is 444 g/mol. The lowest BCUT2D eigenvalue weighted by molar-refractivity contribution is 0.0946. The smallest absolute Gasteiger partial charge is 0.253 e. The Hall–Kier alpha value is -2.30. The molecule has 0 bridgehead atoms. The molecule has 1 rings (SSSR count). The van der Waals surface area contributed by atoms with Crippen LogP contribution in [0.2, 0.25) is 0 Å². The molecule has 5 heteroatoms. The molecule has 0 aliphatic heterocycles. The number of carbonyl (C=O) groups is 2. The first-order chi connectivity index (χ1) is 15.3. The van der Waals surface area contributed by atoms with Gasteiger partial charge in [-0.3, -0.25) is 9.59 Å². The minimum atomic E-state index is -0.225. The van der Waals surface area contributed by atoms with Gasteiger partial charge in [0.15, 0.2) is 6.29 Å². The number of anilines is 1. The molecule has 0 heterocycles. The Morgan fingerprint density at radius 2 is 1.66 bits per heavy atom. The summed E-state index contributed by atoms with van der Waals surface area (Å²) in [5.41, 5.74) is 8.88. The number of rotatable bonds is 16. The topological polar surface area (TPSA) is 75.4 Å². The van der Waals surface area contributed by atoms with Crippen molar-refractivity contribution in [2.75, 3.05) is 25.9 Å². The van der Waals surface area contributed by atoms with Crippen molar-refractivity contribution >= 4 is 23.6 Å². The van der Waals surface area contributed by atoms with Crippen molar-refractivity contribution in [3.63, 3.8) is 0 Å². The molecule has 32 heavy (non-hydrogen) atoms. The number of nitrogens with one attached hydrogen (secondary N) is 1. The first kappa shape index (κ1) is 27.7. The quantitative estimate of drug-likeness (QED) is 0.237. The van der Waals surface area contributed by atoms with E-state index in [9.17, 15) is 9.59 Å². The molecule has 1 amide bonds. The number of hydrogen-bond donors (Lipinski definition) is 2. The van der Waals surface area contributed by atoms with E-state index in [-0.39, 0.29) is 5.91 Å². The Kier molecular flexibility index (Phi) is 12.7. The standard InChI is InChI=1S/C27H45N3O2/c1-7-11-13-21(9-3)17-29-27(32)25-15-23(19-31)24(16-26(25)28)20(5)30(6)18-22(10-4)14-12-8-2/h15-16,19,21-22H,5,7-14,17-18,28H2,1-4,6H3,(H,29,32). The van der Waals surface area contributed by atoms with Gasteiger partial charge in [-0.2, -0.15) is 0 Å². The number of hydrogen-bond acceptors (Lipinski definition) is 4. The van der Waals surface area contributed by atoms with Crippen molar-refractivity contribution in [3.8, 4) is 0 Å². The molecule has 0 spiro atoms. The number of aldehydes is 1. The van der Waals surface area contributed by atoms with Crippen LogP contribution in [0.15, 0.2) is 18.7 Å². The van der Waals surface area contributed by atoms with Crippen LogP contribution in [0.5, 0.6) is 0 Å². The van der Waals surface area contributed by atoms with E-state index in [1.54, 1.807) is 12.1 Å². The highest BCUT2D eigenvalue weighted by Gasteiger charge is 2.19. The molecule has 1 aromatic rings. The van der Waals surface area contributed by atoms with Crippen LogP contribution >= 0.6 is 0 Å². The summed E-state index contributed by atoms with van der Waals surface area (Å²) >= 11 is 0. The highest BCUT2D eigenvalue weighted by molar-refractivity contribution is 6.02. The number of benzene rings is 1. The molecule has 0 aliphatic carbocycles. The molecule has 0 aromatic heterocycles. The molecule has 0 fully saturated rings. The van der Waals surface area contributed by atoms with Gasteiger partial charge in [0, 0.05) is 42.6 Å². The van der Waals surface area contributed by atoms with E-state index in [4.69, 9.17) is 5.73 Å². The van der Waals surface area contributed by atoms with E-state index in [1.165, 1.54) is 19.3 Å². The first-order valence-corrected chi connectivity index (χ1v) is 12.4. The molecule has 0 aliphatic rings. The van der Waals surface area contributed by atoms with E-state index < -0.39 is 0 Å². The van der Waals surface area contributed by atoms with Crippen LogP contribution in [0.25, 0.3) is 5.70 Å². The fourth-order valence-electron chi connectivity index (χ4n) is 4.07. The molecule has 0 saturated carbocycles. The lowest BCUT2D eigenvalue weighted by Crippen LogP contribution is -2.30. The van der Waals surface area contributed by atoms with E-state index in [0.717, 1.165) is 50.6 Å². The second-order valence-corrected chi connectivity index (χ2v) is 9.01. The molecule has 0 saturated heterocycles. The molecule has 1 aromatic carbocycles. The summed E-state index contributed by atoms with van der Waals surface area (Å²) in [4.78, 5) is 26.7. The summed E-state index contributed by atoms with van der Waals surface area (Å²) in [6.45, 7) is 14.5. The third kappa shape index (κ3) is 8.33. The zero-order valence-corrected chi connectivity index (χ0v) is 21.0. The summed E-state index contributed by atoms with van der Waals surface area (Å²) < 4.78 is 0. The summed E-state index contributed by atoms with van der Waals surface area (Å²) in [5.74, 6) is 0.812. The third-order valence-corrected chi connectivity index (χ3v) is 6.53. The van der Waals surface area contributed by atoms with E-state index in [0.29, 0.717) is 40.8 Å². The maximum absolute atomic E-state index is 12.8. The zero-order valence-electron chi connectivity index (χ0n) is 21.0. The maximum atomic E-state index is 12.8. The zero-order chi connectivity index (χ0) is 24.1. The fourth-order valence-corrected chi connectivity index (χ4v) is 4.07. The van der Waals surface area contributed by atoms with Gasteiger partial charge < -0.3 is 16.0 Å². The Labute approximate surface area is 195 Å². The van der Waals surface area contributed by atoms with Gasteiger partial charge in [-0.15, -0.1) is 0 Å². The summed E-state index contributed by atoms with van der Waals surface area (Å²) in [5, 5.41) is 3.01. The number of nitrogen functional groups attached to an aromatic ring is 1. The largest absolute Gasteiger partial charge is 0.398 e. The second kappa shape index (κ2) is 14.7. The van der Waals surface area contributed by atoms with Crippen LogP contribution in [-0.2, 0) is 0 Å². The Balaban J connectivity index is 2.96. The normalized spacial score (nSPS) is 12.8. The van der Waals surface area contributed by atoms with Gasteiger partial charge in [0.1, 0.15) is 0 Å². The highest BCUT2D eigenvalue weighted by Crippen LogP contribution is 2.27. The first-order valence-electron chi connectivity index (χ1n) is 12.4. The maximum Gasteiger partial charge on any atom is 0.253 e. The number of carbonyl (C=O) groups excluding carboxylic acids is 2. The summed E-state index contributed by atoms with van der Waals surface area (Å²) in [6, 6.07) is 3.33. The third-order valence-electron chi connectivity index (χ3n) is 6.53. The number of nitrogens with zero attached hydrogens (tertiary/aromatic N) is 1. The van der Waals surface area contributed by atoms with Crippen LogP contribution in [0.1, 0.15) is 105 Å². The highest BCUT2D eigenvalue weighted by atomic mass is 16.1.